The molecule has 4 nitrogen and oxygen atoms in total. The maximum atomic E-state index is 13.3. The summed E-state index contributed by atoms with van der Waals surface area (Å²) in [5, 5.41) is 9.90. The van der Waals surface area contributed by atoms with E-state index in [0.717, 1.165) is 11.6 Å². The highest BCUT2D eigenvalue weighted by Crippen LogP contribution is 2.27. The molecule has 0 radical (unpaired) electrons. The van der Waals surface area contributed by atoms with Gasteiger partial charge in [0.25, 0.3) is 5.91 Å². The number of carbonyl (C=O) groups excluding carboxylic acids is 1. The average molecular weight is 339 g/mol. The zero-order valence-corrected chi connectivity index (χ0v) is 12.7. The van der Waals surface area contributed by atoms with Crippen molar-refractivity contribution in [1.82, 2.24) is 9.88 Å². The van der Waals surface area contributed by atoms with Gasteiger partial charge >= 0.3 is 0 Å². The maximum absolute atomic E-state index is 13.3. The van der Waals surface area contributed by atoms with E-state index in [9.17, 15) is 18.7 Å². The standard InChI is InChI=1S/C16H13ClF2N2O2/c17-15-4-10-7-21(16(23)14(10)6-20-15)13(8-22)3-9-1-11(18)5-12(19)2-9/h1-2,4-6,13,22H,3,7-8H2. The molecule has 1 amide bonds. The summed E-state index contributed by atoms with van der Waals surface area (Å²) in [4.78, 5) is 17.8. The minimum Gasteiger partial charge on any atom is -0.394 e. The lowest BCUT2D eigenvalue weighted by Crippen LogP contribution is -2.39. The van der Waals surface area contributed by atoms with Gasteiger partial charge in [0.1, 0.15) is 16.8 Å². The first-order valence-corrected chi connectivity index (χ1v) is 7.37. The molecule has 1 N–H and O–H groups in total. The molecule has 1 aromatic heterocycles. The lowest BCUT2D eigenvalue weighted by atomic mass is 10.0. The molecule has 7 heteroatoms. The molecule has 120 valence electrons. The summed E-state index contributed by atoms with van der Waals surface area (Å²) >= 11 is 5.82. The van der Waals surface area contributed by atoms with E-state index in [4.69, 9.17) is 11.6 Å². The lowest BCUT2D eigenvalue weighted by Gasteiger charge is -2.26. The van der Waals surface area contributed by atoms with E-state index in [1.807, 2.05) is 0 Å². The van der Waals surface area contributed by atoms with Crippen molar-refractivity contribution in [2.75, 3.05) is 6.61 Å². The number of amides is 1. The van der Waals surface area contributed by atoms with Crippen molar-refractivity contribution in [3.63, 3.8) is 0 Å². The molecular formula is C16H13ClF2N2O2. The Bertz CT molecular complexity index is 749. The van der Waals surface area contributed by atoms with E-state index in [-0.39, 0.29) is 30.6 Å². The molecule has 0 fully saturated rings. The predicted molar refractivity (Wildman–Crippen MR) is 80.1 cm³/mol. The summed E-state index contributed by atoms with van der Waals surface area (Å²) in [6, 6.07) is 4.18. The predicted octanol–water partition coefficient (Wildman–Crippen LogP) is 2.57. The molecule has 23 heavy (non-hydrogen) atoms. The molecule has 0 spiro atoms. The molecule has 3 rings (SSSR count). The summed E-state index contributed by atoms with van der Waals surface area (Å²) in [7, 11) is 0. The summed E-state index contributed by atoms with van der Waals surface area (Å²) in [6.45, 7) is -0.0432. The van der Waals surface area contributed by atoms with Crippen LogP contribution in [0.4, 0.5) is 8.78 Å². The van der Waals surface area contributed by atoms with Gasteiger partial charge in [0.15, 0.2) is 0 Å². The van der Waals surface area contributed by atoms with E-state index < -0.39 is 17.7 Å². The number of benzene rings is 1. The van der Waals surface area contributed by atoms with Crippen LogP contribution in [0.25, 0.3) is 0 Å². The first kappa shape index (κ1) is 15.8. The highest BCUT2D eigenvalue weighted by atomic mass is 35.5. The van der Waals surface area contributed by atoms with Crippen LogP contribution in [0.3, 0.4) is 0 Å². The van der Waals surface area contributed by atoms with Crippen molar-refractivity contribution < 1.29 is 18.7 Å². The minimum absolute atomic E-state index is 0.145. The van der Waals surface area contributed by atoms with Crippen molar-refractivity contribution in [3.05, 3.63) is 63.9 Å². The largest absolute Gasteiger partial charge is 0.394 e. The fraction of sp³-hybridized carbons (Fsp3) is 0.250. The van der Waals surface area contributed by atoms with Gasteiger partial charge in [-0.15, -0.1) is 0 Å². The van der Waals surface area contributed by atoms with Crippen LogP contribution in [0.1, 0.15) is 21.5 Å². The van der Waals surface area contributed by atoms with E-state index in [1.165, 1.54) is 23.2 Å². The van der Waals surface area contributed by atoms with Gasteiger partial charge in [0.2, 0.25) is 0 Å². The molecule has 1 atom stereocenters. The second kappa shape index (κ2) is 6.22. The van der Waals surface area contributed by atoms with Crippen LogP contribution in [0.5, 0.6) is 0 Å². The summed E-state index contributed by atoms with van der Waals surface area (Å²) in [6.07, 6.45) is 1.54. The van der Waals surface area contributed by atoms with E-state index in [1.54, 1.807) is 6.07 Å². The first-order valence-electron chi connectivity index (χ1n) is 6.99. The Hall–Kier alpha value is -2.05. The Labute approximate surface area is 136 Å². The van der Waals surface area contributed by atoms with E-state index in [2.05, 4.69) is 4.98 Å². The Kier molecular flexibility index (Phi) is 4.28. The van der Waals surface area contributed by atoms with Crippen molar-refractivity contribution >= 4 is 17.5 Å². The van der Waals surface area contributed by atoms with Crippen LogP contribution in [0, 0.1) is 11.6 Å². The van der Waals surface area contributed by atoms with Crippen molar-refractivity contribution in [2.45, 2.75) is 19.0 Å². The molecule has 0 aliphatic carbocycles. The smallest absolute Gasteiger partial charge is 0.256 e. The van der Waals surface area contributed by atoms with Gasteiger partial charge in [-0.25, -0.2) is 13.8 Å². The summed E-state index contributed by atoms with van der Waals surface area (Å²) in [5.41, 5.74) is 1.53. The minimum atomic E-state index is -0.691. The molecule has 0 bridgehead atoms. The first-order chi connectivity index (χ1) is 11.0. The molecule has 1 unspecified atom stereocenters. The van der Waals surface area contributed by atoms with Gasteiger partial charge in [-0.1, -0.05) is 11.6 Å². The third-order valence-corrected chi connectivity index (χ3v) is 4.04. The topological polar surface area (TPSA) is 53.4 Å². The van der Waals surface area contributed by atoms with Crippen molar-refractivity contribution in [3.8, 4) is 0 Å². The van der Waals surface area contributed by atoms with Gasteiger partial charge < -0.3 is 10.0 Å². The summed E-state index contributed by atoms with van der Waals surface area (Å²) in [5.74, 6) is -1.66. The highest BCUT2D eigenvalue weighted by Gasteiger charge is 2.33. The Morgan fingerprint density at radius 2 is 1.96 bits per heavy atom. The number of aliphatic hydroxyl groups excluding tert-OH is 1. The monoisotopic (exact) mass is 338 g/mol. The zero-order chi connectivity index (χ0) is 16.6. The number of aliphatic hydroxyl groups is 1. The van der Waals surface area contributed by atoms with Crippen LogP contribution in [0.2, 0.25) is 5.15 Å². The Morgan fingerprint density at radius 3 is 2.61 bits per heavy atom. The van der Waals surface area contributed by atoms with Gasteiger partial charge in [-0.05, 0) is 35.7 Å². The number of hydrogen-bond acceptors (Lipinski definition) is 3. The quantitative estimate of drug-likeness (QED) is 0.872. The van der Waals surface area contributed by atoms with Crippen LogP contribution in [-0.2, 0) is 13.0 Å². The average Bonchev–Trinajstić information content (AvgIpc) is 2.80. The number of hydrogen-bond donors (Lipinski definition) is 1. The number of aromatic nitrogens is 1. The van der Waals surface area contributed by atoms with Gasteiger partial charge in [0, 0.05) is 18.8 Å². The number of halogens is 3. The molecule has 1 aliphatic rings. The molecule has 0 saturated carbocycles. The van der Waals surface area contributed by atoms with Crippen LogP contribution < -0.4 is 0 Å². The fourth-order valence-electron chi connectivity index (χ4n) is 2.77. The van der Waals surface area contributed by atoms with E-state index >= 15 is 0 Å². The van der Waals surface area contributed by atoms with Crippen molar-refractivity contribution in [1.29, 1.82) is 0 Å². The second-order valence-corrected chi connectivity index (χ2v) is 5.80. The van der Waals surface area contributed by atoms with Crippen LogP contribution in [0.15, 0.2) is 30.5 Å². The number of nitrogens with zero attached hydrogens (tertiary/aromatic N) is 2. The maximum Gasteiger partial charge on any atom is 0.256 e. The normalized spacial score (nSPS) is 15.0. The summed E-state index contributed by atoms with van der Waals surface area (Å²) < 4.78 is 26.6. The molecule has 2 aromatic rings. The lowest BCUT2D eigenvalue weighted by molar-refractivity contribution is 0.0617. The molecular weight excluding hydrogens is 326 g/mol. The van der Waals surface area contributed by atoms with Crippen LogP contribution >= 0.6 is 11.6 Å². The molecule has 0 saturated heterocycles. The third kappa shape index (κ3) is 3.18. The number of carbonyl (C=O) groups is 1. The number of fused-ring (bicyclic) bond motifs is 1. The van der Waals surface area contributed by atoms with E-state index in [0.29, 0.717) is 11.1 Å². The SMILES string of the molecule is O=C1c2cnc(Cl)cc2CN1C(CO)Cc1cc(F)cc(F)c1. The van der Waals surface area contributed by atoms with Gasteiger partial charge in [0.05, 0.1) is 18.2 Å². The Morgan fingerprint density at radius 1 is 1.26 bits per heavy atom. The molecule has 2 heterocycles. The Balaban J connectivity index is 1.83. The number of rotatable bonds is 4. The molecule has 1 aromatic carbocycles. The zero-order valence-electron chi connectivity index (χ0n) is 12.0. The number of pyridine rings is 1. The molecule has 1 aliphatic heterocycles. The van der Waals surface area contributed by atoms with Crippen LogP contribution in [-0.4, -0.2) is 33.5 Å². The highest BCUT2D eigenvalue weighted by molar-refractivity contribution is 6.29. The third-order valence-electron chi connectivity index (χ3n) is 3.83. The van der Waals surface area contributed by atoms with Crippen molar-refractivity contribution in [2.24, 2.45) is 0 Å². The van der Waals surface area contributed by atoms with Gasteiger partial charge in [-0.3, -0.25) is 4.79 Å². The fourth-order valence-corrected chi connectivity index (χ4v) is 2.95. The second-order valence-electron chi connectivity index (χ2n) is 5.42. The van der Waals surface area contributed by atoms with Gasteiger partial charge in [-0.2, -0.15) is 0 Å².